The standard InChI is InChI=1S/C31H42Cl3N2O3S2/c1-18(29-35(3)24-16-20(10-11-26(24)41-29)25-9-6-14-40-25)15-23-19(2)21-7-4-12-36-13-5-8-22(27(21)36)28(23)39-30(37)38-17-31(32,33)34/h6,9,14-15,19-24,26-28H,4-5,7-8,10-13,16-17H2,1-3H3/q+1/b18-15+. The van der Waals surface area contributed by atoms with Crippen molar-refractivity contribution in [2.45, 2.75) is 91.9 Å². The third kappa shape index (κ3) is 6.38. The number of thioether (sulfide) groups is 1. The van der Waals surface area contributed by atoms with E-state index in [-0.39, 0.29) is 24.5 Å². The van der Waals surface area contributed by atoms with Crippen molar-refractivity contribution in [1.82, 2.24) is 4.90 Å². The molecule has 0 amide bonds. The largest absolute Gasteiger partial charge is 0.508 e. The first kappa shape index (κ1) is 30.6. The predicted molar refractivity (Wildman–Crippen MR) is 171 cm³/mol. The fraction of sp³-hybridized carbons (Fsp3) is 0.742. The number of hydrogen-bond acceptors (Lipinski definition) is 6. The summed E-state index contributed by atoms with van der Waals surface area (Å²) < 4.78 is 12.4. The maximum absolute atomic E-state index is 13.0. The number of ether oxygens (including phenoxy) is 2. The van der Waals surface area contributed by atoms with Crippen LogP contribution in [0.5, 0.6) is 0 Å². The van der Waals surface area contributed by atoms with Crippen LogP contribution in [0.1, 0.15) is 69.6 Å². The van der Waals surface area contributed by atoms with Crippen LogP contribution < -0.4 is 0 Å². The van der Waals surface area contributed by atoms with Gasteiger partial charge in [0.05, 0.1) is 5.25 Å². The quantitative estimate of drug-likeness (QED) is 0.181. The number of carbonyl (C=O) groups is 1. The first-order chi connectivity index (χ1) is 19.6. The van der Waals surface area contributed by atoms with E-state index in [0.717, 1.165) is 25.9 Å². The maximum atomic E-state index is 13.0. The van der Waals surface area contributed by atoms with E-state index in [1.165, 1.54) is 47.6 Å². The van der Waals surface area contributed by atoms with Gasteiger partial charge in [0.1, 0.15) is 19.8 Å². The third-order valence-electron chi connectivity index (χ3n) is 10.5. The molecule has 2 saturated carbocycles. The van der Waals surface area contributed by atoms with E-state index < -0.39 is 9.95 Å². The van der Waals surface area contributed by atoms with Gasteiger partial charge in [-0.05, 0) is 99.5 Å². The van der Waals surface area contributed by atoms with Gasteiger partial charge < -0.3 is 9.47 Å². The second-order valence-corrected chi connectivity index (χ2v) is 17.5. The van der Waals surface area contributed by atoms with E-state index in [1.54, 1.807) is 0 Å². The summed E-state index contributed by atoms with van der Waals surface area (Å²) in [5, 5.41) is 4.22. The highest BCUT2D eigenvalue weighted by Gasteiger charge is 2.54. The lowest BCUT2D eigenvalue weighted by atomic mass is 9.59. The predicted octanol–water partition coefficient (Wildman–Crippen LogP) is 8.14. The topological polar surface area (TPSA) is 41.8 Å². The molecule has 0 spiro atoms. The molecule has 9 unspecified atom stereocenters. The molecule has 2 aliphatic carbocycles. The van der Waals surface area contributed by atoms with Gasteiger partial charge in [0, 0.05) is 34.7 Å². The van der Waals surface area contributed by atoms with Crippen molar-refractivity contribution < 1.29 is 18.8 Å². The highest BCUT2D eigenvalue weighted by Crippen LogP contribution is 2.51. The van der Waals surface area contributed by atoms with Gasteiger partial charge in [0.2, 0.25) is 8.84 Å². The van der Waals surface area contributed by atoms with Crippen molar-refractivity contribution in [3.63, 3.8) is 0 Å². The Morgan fingerprint density at radius 3 is 2.63 bits per heavy atom. The van der Waals surface area contributed by atoms with E-state index in [1.807, 2.05) is 11.3 Å². The van der Waals surface area contributed by atoms with Gasteiger partial charge in [-0.25, -0.2) is 9.37 Å². The molecule has 41 heavy (non-hydrogen) atoms. The summed E-state index contributed by atoms with van der Waals surface area (Å²) in [6.07, 6.45) is 9.87. The van der Waals surface area contributed by atoms with Crippen LogP contribution in [0.15, 0.2) is 29.2 Å². The number of rotatable bonds is 5. The maximum Gasteiger partial charge on any atom is 0.508 e. The smallest absolute Gasteiger partial charge is 0.430 e. The van der Waals surface area contributed by atoms with Gasteiger partial charge in [-0.2, -0.15) is 0 Å². The van der Waals surface area contributed by atoms with Gasteiger partial charge in [-0.3, -0.25) is 4.90 Å². The van der Waals surface area contributed by atoms with E-state index >= 15 is 0 Å². The molecule has 3 aliphatic heterocycles. The van der Waals surface area contributed by atoms with Crippen LogP contribution in [0.4, 0.5) is 4.79 Å². The Hall–Kier alpha value is -0.440. The molecule has 0 radical (unpaired) electrons. The summed E-state index contributed by atoms with van der Waals surface area (Å²) in [6, 6.07) is 5.50. The van der Waals surface area contributed by atoms with E-state index in [9.17, 15) is 4.79 Å². The molecule has 0 aromatic carbocycles. The Labute approximate surface area is 267 Å². The van der Waals surface area contributed by atoms with Crippen LogP contribution >= 0.6 is 57.9 Å². The summed E-state index contributed by atoms with van der Waals surface area (Å²) in [4.78, 5) is 17.1. The fourth-order valence-electron chi connectivity index (χ4n) is 8.73. The van der Waals surface area contributed by atoms with Crippen molar-refractivity contribution in [2.75, 3.05) is 26.7 Å². The van der Waals surface area contributed by atoms with Crippen LogP contribution in [-0.2, 0) is 9.47 Å². The van der Waals surface area contributed by atoms with E-state index in [2.05, 4.69) is 65.7 Å². The van der Waals surface area contributed by atoms with Gasteiger partial charge in [0.15, 0.2) is 6.04 Å². The molecule has 4 heterocycles. The first-order valence-corrected chi connectivity index (χ1v) is 18.1. The highest BCUT2D eigenvalue weighted by atomic mass is 35.6. The molecule has 1 aromatic rings. The molecule has 9 atom stereocenters. The fourth-order valence-corrected chi connectivity index (χ4v) is 11.3. The van der Waals surface area contributed by atoms with Crippen molar-refractivity contribution in [1.29, 1.82) is 0 Å². The van der Waals surface area contributed by atoms with Crippen molar-refractivity contribution in [2.24, 2.45) is 23.7 Å². The van der Waals surface area contributed by atoms with Crippen LogP contribution in [0.2, 0.25) is 0 Å². The number of hydrogen-bond donors (Lipinski definition) is 0. The zero-order chi connectivity index (χ0) is 28.9. The molecule has 4 fully saturated rings. The zero-order valence-corrected chi connectivity index (χ0v) is 28.0. The zero-order valence-electron chi connectivity index (χ0n) is 24.1. The SMILES string of the molecule is C/C(=C\C1C(C)C2CCCN3CCCC(C1OC(=O)OCC(Cl)(Cl)Cl)C23)C1=[N+](C)C2CC(c3cccs3)CCC2S1. The Balaban J connectivity index is 1.27. The molecule has 5 nitrogen and oxygen atoms in total. The lowest BCUT2D eigenvalue weighted by Gasteiger charge is -2.57. The first-order valence-electron chi connectivity index (χ1n) is 15.2. The molecule has 2 saturated heterocycles. The van der Waals surface area contributed by atoms with Gasteiger partial charge in [-0.1, -0.05) is 53.9 Å². The second-order valence-electron chi connectivity index (χ2n) is 12.8. The average Bonchev–Trinajstić information content (AvgIpc) is 3.60. The summed E-state index contributed by atoms with van der Waals surface area (Å²) in [5.74, 6) is 2.06. The van der Waals surface area contributed by atoms with Crippen LogP contribution in [-0.4, -0.2) is 74.6 Å². The summed E-state index contributed by atoms with van der Waals surface area (Å²) in [6.45, 7) is 6.59. The highest BCUT2D eigenvalue weighted by molar-refractivity contribution is 8.15. The van der Waals surface area contributed by atoms with Gasteiger partial charge >= 0.3 is 6.16 Å². The van der Waals surface area contributed by atoms with E-state index in [0.29, 0.717) is 35.1 Å². The molecule has 10 heteroatoms. The van der Waals surface area contributed by atoms with Gasteiger partial charge in [0.25, 0.3) is 0 Å². The molecule has 0 N–H and O–H groups in total. The average molecular weight is 661 g/mol. The molecule has 226 valence electrons. The van der Waals surface area contributed by atoms with Crippen molar-refractivity contribution in [3.8, 4) is 0 Å². The number of halogens is 3. The van der Waals surface area contributed by atoms with Crippen LogP contribution in [0.3, 0.4) is 0 Å². The normalized spacial score (nSPS) is 37.9. The lowest BCUT2D eigenvalue weighted by Crippen LogP contribution is -2.63. The number of piperidine rings is 2. The minimum Gasteiger partial charge on any atom is -0.430 e. The Morgan fingerprint density at radius 1 is 1.17 bits per heavy atom. The summed E-state index contributed by atoms with van der Waals surface area (Å²) >= 11 is 21.6. The molecule has 5 aliphatic rings. The molecule has 1 aromatic heterocycles. The third-order valence-corrected chi connectivity index (χ3v) is 13.5. The molecule has 0 bridgehead atoms. The Morgan fingerprint density at radius 2 is 1.93 bits per heavy atom. The summed E-state index contributed by atoms with van der Waals surface area (Å²) in [7, 11) is 2.28. The molecular weight excluding hydrogens is 619 g/mol. The summed E-state index contributed by atoms with van der Waals surface area (Å²) in [5.41, 5.74) is 1.31. The van der Waals surface area contributed by atoms with Gasteiger partial charge in [-0.15, -0.1) is 11.3 Å². The number of alkyl halides is 3. The Kier molecular flexibility index (Phi) is 9.33. The van der Waals surface area contributed by atoms with Crippen LogP contribution in [0.25, 0.3) is 0 Å². The lowest BCUT2D eigenvalue weighted by molar-refractivity contribution is -0.534. The molecule has 6 rings (SSSR count). The van der Waals surface area contributed by atoms with Crippen molar-refractivity contribution >= 4 is 69.1 Å². The number of carbonyl (C=O) groups excluding carboxylic acids is 1. The second kappa shape index (κ2) is 12.5. The molecular formula is C31H42Cl3N2O3S2+. The number of fused-ring (bicyclic) bond motifs is 1. The Bertz CT molecular complexity index is 1170. The van der Waals surface area contributed by atoms with Crippen molar-refractivity contribution in [3.05, 3.63) is 34.0 Å². The number of thiophene rings is 1. The minimum atomic E-state index is -1.66. The minimum absolute atomic E-state index is 0.114. The van der Waals surface area contributed by atoms with Crippen LogP contribution in [0, 0.1) is 23.7 Å². The number of nitrogens with zero attached hydrogens (tertiary/aromatic N) is 2. The monoisotopic (exact) mass is 659 g/mol. The van der Waals surface area contributed by atoms with E-state index in [4.69, 9.17) is 44.3 Å².